The quantitative estimate of drug-likeness (QED) is 0.906. The minimum absolute atomic E-state index is 0.103. The van der Waals surface area contributed by atoms with E-state index < -0.39 is 12.5 Å². The Morgan fingerprint density at radius 1 is 1.33 bits per heavy atom. The van der Waals surface area contributed by atoms with E-state index in [1.54, 1.807) is 23.1 Å². The van der Waals surface area contributed by atoms with E-state index >= 15 is 0 Å². The van der Waals surface area contributed by atoms with Crippen LogP contribution in [0, 0.1) is 0 Å². The summed E-state index contributed by atoms with van der Waals surface area (Å²) in [5, 5.41) is 2.90. The molecule has 2 aliphatic rings. The first-order valence-electron chi connectivity index (χ1n) is 8.23. The maximum atomic E-state index is 13.2. The molecule has 0 bridgehead atoms. The Labute approximate surface area is 139 Å². The molecule has 0 saturated carbocycles. The molecule has 2 fully saturated rings. The number of alkyl halides is 2. The number of nitrogens with zero attached hydrogens (tertiary/aromatic N) is 2. The predicted molar refractivity (Wildman–Crippen MR) is 84.8 cm³/mol. The number of hydrogen-bond acceptors (Lipinski definition) is 3. The van der Waals surface area contributed by atoms with Crippen molar-refractivity contribution in [1.82, 2.24) is 15.1 Å². The fourth-order valence-electron chi connectivity index (χ4n) is 3.26. The molecule has 7 heteroatoms. The summed E-state index contributed by atoms with van der Waals surface area (Å²) in [6.45, 7) is 2.06. The van der Waals surface area contributed by atoms with Crippen LogP contribution < -0.4 is 5.32 Å². The van der Waals surface area contributed by atoms with Gasteiger partial charge in [0.2, 0.25) is 5.91 Å². The number of carbonyl (C=O) groups is 2. The summed E-state index contributed by atoms with van der Waals surface area (Å²) in [4.78, 5) is 27.4. The lowest BCUT2D eigenvalue weighted by molar-refractivity contribution is -0.128. The normalized spacial score (nSPS) is 21.6. The third kappa shape index (κ3) is 3.56. The van der Waals surface area contributed by atoms with Gasteiger partial charge in [0.25, 0.3) is 12.3 Å². The van der Waals surface area contributed by atoms with Crippen LogP contribution in [-0.2, 0) is 11.3 Å². The first-order valence-corrected chi connectivity index (χ1v) is 8.23. The number of benzene rings is 1. The molecule has 130 valence electrons. The zero-order valence-corrected chi connectivity index (χ0v) is 13.4. The van der Waals surface area contributed by atoms with Crippen molar-refractivity contribution in [2.24, 2.45) is 0 Å². The number of hydrogen-bond donors (Lipinski definition) is 1. The minimum Gasteiger partial charge on any atom is -0.338 e. The van der Waals surface area contributed by atoms with Gasteiger partial charge in [-0.05, 0) is 24.1 Å². The second kappa shape index (κ2) is 7.25. The highest BCUT2D eigenvalue weighted by Gasteiger charge is 2.33. The van der Waals surface area contributed by atoms with Crippen molar-refractivity contribution in [2.45, 2.75) is 31.9 Å². The Bertz CT molecular complexity index is 624. The van der Waals surface area contributed by atoms with Gasteiger partial charge in [-0.15, -0.1) is 0 Å². The number of piperazine rings is 1. The van der Waals surface area contributed by atoms with Gasteiger partial charge < -0.3 is 15.1 Å². The monoisotopic (exact) mass is 337 g/mol. The molecule has 3 rings (SSSR count). The molecule has 2 saturated heterocycles. The van der Waals surface area contributed by atoms with Gasteiger partial charge in [-0.25, -0.2) is 8.78 Å². The van der Waals surface area contributed by atoms with Gasteiger partial charge in [0.15, 0.2) is 0 Å². The molecule has 0 aromatic heterocycles. The van der Waals surface area contributed by atoms with Gasteiger partial charge >= 0.3 is 0 Å². The number of likely N-dealkylation sites (tertiary alicyclic amines) is 1. The first-order chi connectivity index (χ1) is 11.6. The largest absolute Gasteiger partial charge is 0.338 e. The summed E-state index contributed by atoms with van der Waals surface area (Å²) in [5.41, 5.74) is 1.24. The van der Waals surface area contributed by atoms with Crippen LogP contribution >= 0.6 is 0 Å². The highest BCUT2D eigenvalue weighted by molar-refractivity contribution is 5.94. The Hall–Kier alpha value is -2.02. The SMILES string of the molecule is O=C1CCCN1Cc1cccc(C(=O)N2CCNCC2C(F)F)c1. The van der Waals surface area contributed by atoms with Crippen LogP contribution in [0.1, 0.15) is 28.8 Å². The van der Waals surface area contributed by atoms with Crippen LogP contribution in [0.4, 0.5) is 8.78 Å². The van der Waals surface area contributed by atoms with Crippen molar-refractivity contribution < 1.29 is 18.4 Å². The van der Waals surface area contributed by atoms with Crippen LogP contribution in [0.5, 0.6) is 0 Å². The predicted octanol–water partition coefficient (Wildman–Crippen LogP) is 1.49. The fourth-order valence-corrected chi connectivity index (χ4v) is 3.26. The highest BCUT2D eigenvalue weighted by atomic mass is 19.3. The van der Waals surface area contributed by atoms with Gasteiger partial charge in [0.05, 0.1) is 0 Å². The van der Waals surface area contributed by atoms with Gasteiger partial charge in [0.1, 0.15) is 6.04 Å². The molecule has 24 heavy (non-hydrogen) atoms. The van der Waals surface area contributed by atoms with Crippen molar-refractivity contribution in [2.75, 3.05) is 26.2 Å². The molecule has 5 nitrogen and oxygen atoms in total. The maximum absolute atomic E-state index is 13.2. The fraction of sp³-hybridized carbons (Fsp3) is 0.529. The summed E-state index contributed by atoms with van der Waals surface area (Å²) >= 11 is 0. The molecule has 2 amide bonds. The molecule has 0 spiro atoms. The molecule has 1 aromatic rings. The molecule has 0 radical (unpaired) electrons. The summed E-state index contributed by atoms with van der Waals surface area (Å²) in [6.07, 6.45) is -1.16. The van der Waals surface area contributed by atoms with E-state index in [1.807, 2.05) is 6.07 Å². The molecule has 2 heterocycles. The van der Waals surface area contributed by atoms with Gasteiger partial charge in [-0.3, -0.25) is 9.59 Å². The van der Waals surface area contributed by atoms with E-state index in [0.29, 0.717) is 25.1 Å². The number of halogens is 2. The molecule has 2 aliphatic heterocycles. The van der Waals surface area contributed by atoms with Crippen LogP contribution in [0.15, 0.2) is 24.3 Å². The zero-order valence-electron chi connectivity index (χ0n) is 13.4. The molecule has 1 unspecified atom stereocenters. The Balaban J connectivity index is 1.75. The number of nitrogens with one attached hydrogen (secondary N) is 1. The lowest BCUT2D eigenvalue weighted by Gasteiger charge is -2.35. The van der Waals surface area contributed by atoms with E-state index in [2.05, 4.69) is 5.32 Å². The van der Waals surface area contributed by atoms with Crippen LogP contribution in [-0.4, -0.2) is 60.3 Å². The second-order valence-electron chi connectivity index (χ2n) is 6.22. The molecular formula is C17H21F2N3O2. The summed E-state index contributed by atoms with van der Waals surface area (Å²) < 4.78 is 26.3. The van der Waals surface area contributed by atoms with E-state index in [4.69, 9.17) is 0 Å². The summed E-state index contributed by atoms with van der Waals surface area (Å²) in [6, 6.07) is 5.84. The summed E-state index contributed by atoms with van der Waals surface area (Å²) in [5.74, 6) is -0.261. The molecule has 1 aromatic carbocycles. The standard InChI is InChI=1S/C17H21F2N3O2/c18-16(19)14-10-20-6-8-22(14)17(24)13-4-1-3-12(9-13)11-21-7-2-5-15(21)23/h1,3-4,9,14,16,20H,2,5-8,10-11H2. The van der Waals surface area contributed by atoms with Crippen molar-refractivity contribution in [3.05, 3.63) is 35.4 Å². The number of amides is 2. The Morgan fingerprint density at radius 3 is 2.88 bits per heavy atom. The van der Waals surface area contributed by atoms with Crippen LogP contribution in [0.3, 0.4) is 0 Å². The molecular weight excluding hydrogens is 316 g/mol. The van der Waals surface area contributed by atoms with Gasteiger partial charge in [-0.1, -0.05) is 12.1 Å². The lowest BCUT2D eigenvalue weighted by Crippen LogP contribution is -2.56. The highest BCUT2D eigenvalue weighted by Crippen LogP contribution is 2.19. The average Bonchev–Trinajstić information content (AvgIpc) is 2.99. The van der Waals surface area contributed by atoms with Crippen molar-refractivity contribution >= 4 is 11.8 Å². The van der Waals surface area contributed by atoms with Gasteiger partial charge in [0, 0.05) is 44.7 Å². The van der Waals surface area contributed by atoms with E-state index in [0.717, 1.165) is 18.5 Å². The molecule has 0 aliphatic carbocycles. The zero-order chi connectivity index (χ0) is 17.1. The van der Waals surface area contributed by atoms with Crippen LogP contribution in [0.2, 0.25) is 0 Å². The maximum Gasteiger partial charge on any atom is 0.259 e. The van der Waals surface area contributed by atoms with Crippen LogP contribution in [0.25, 0.3) is 0 Å². The third-order valence-corrected chi connectivity index (χ3v) is 4.55. The molecule has 1 N–H and O–H groups in total. The van der Waals surface area contributed by atoms with Crippen molar-refractivity contribution in [3.63, 3.8) is 0 Å². The van der Waals surface area contributed by atoms with Crippen molar-refractivity contribution in [3.8, 4) is 0 Å². The van der Waals surface area contributed by atoms with E-state index in [9.17, 15) is 18.4 Å². The minimum atomic E-state index is -2.58. The topological polar surface area (TPSA) is 52.7 Å². The summed E-state index contributed by atoms with van der Waals surface area (Å²) in [7, 11) is 0. The number of carbonyl (C=O) groups excluding carboxylic acids is 2. The van der Waals surface area contributed by atoms with Crippen molar-refractivity contribution in [1.29, 1.82) is 0 Å². The second-order valence-corrected chi connectivity index (χ2v) is 6.22. The first kappa shape index (κ1) is 16.8. The number of rotatable bonds is 4. The lowest BCUT2D eigenvalue weighted by atomic mass is 10.1. The van der Waals surface area contributed by atoms with E-state index in [1.165, 1.54) is 4.90 Å². The molecule has 1 atom stereocenters. The van der Waals surface area contributed by atoms with E-state index in [-0.39, 0.29) is 24.9 Å². The van der Waals surface area contributed by atoms with Gasteiger partial charge in [-0.2, -0.15) is 0 Å². The smallest absolute Gasteiger partial charge is 0.259 e. The third-order valence-electron chi connectivity index (χ3n) is 4.55. The average molecular weight is 337 g/mol. The Kier molecular flexibility index (Phi) is 5.08. The Morgan fingerprint density at radius 2 is 2.17 bits per heavy atom.